The zero-order valence-corrected chi connectivity index (χ0v) is 12.9. The first kappa shape index (κ1) is 14.4. The lowest BCUT2D eigenvalue weighted by Gasteiger charge is -2.20. The molecule has 0 radical (unpaired) electrons. The molecule has 1 amide bonds. The van der Waals surface area contributed by atoms with Crippen LogP contribution in [0.1, 0.15) is 36.9 Å². The van der Waals surface area contributed by atoms with Gasteiger partial charge in [-0.2, -0.15) is 0 Å². The maximum atomic E-state index is 12.0. The summed E-state index contributed by atoms with van der Waals surface area (Å²) in [7, 11) is 5.06. The van der Waals surface area contributed by atoms with Gasteiger partial charge in [0.1, 0.15) is 11.3 Å². The van der Waals surface area contributed by atoms with Crippen LogP contribution < -0.4 is 4.74 Å². The van der Waals surface area contributed by atoms with Gasteiger partial charge >= 0.3 is 0 Å². The molecule has 0 saturated carbocycles. The SMILES string of the molecule is COc1cc(C(C)(C)C)c2oc(C(=O)N(C)C)cc2c1. The van der Waals surface area contributed by atoms with Crippen LogP contribution in [0.2, 0.25) is 0 Å². The molecule has 1 aromatic heterocycles. The molecule has 0 aliphatic heterocycles. The normalized spacial score (nSPS) is 11.7. The third kappa shape index (κ3) is 2.50. The minimum absolute atomic E-state index is 0.0942. The van der Waals surface area contributed by atoms with Crippen LogP contribution in [-0.2, 0) is 5.41 Å². The van der Waals surface area contributed by atoms with Crippen molar-refractivity contribution in [3.05, 3.63) is 29.5 Å². The van der Waals surface area contributed by atoms with E-state index in [2.05, 4.69) is 20.8 Å². The first-order chi connectivity index (χ1) is 9.24. The molecular weight excluding hydrogens is 254 g/mol. The number of hydrogen-bond donors (Lipinski definition) is 0. The van der Waals surface area contributed by atoms with Crippen LogP contribution in [0.3, 0.4) is 0 Å². The molecule has 0 atom stereocenters. The Hall–Kier alpha value is -1.97. The van der Waals surface area contributed by atoms with Gasteiger partial charge in [-0.25, -0.2) is 0 Å². The van der Waals surface area contributed by atoms with Crippen LogP contribution >= 0.6 is 0 Å². The van der Waals surface area contributed by atoms with Gasteiger partial charge in [0.15, 0.2) is 5.76 Å². The number of methoxy groups -OCH3 is 1. The molecule has 1 aromatic carbocycles. The van der Waals surface area contributed by atoms with Gasteiger partial charge in [-0.05, 0) is 23.6 Å². The molecule has 2 rings (SSSR count). The lowest BCUT2D eigenvalue weighted by Crippen LogP contribution is -2.20. The molecule has 0 fully saturated rings. The van der Waals surface area contributed by atoms with E-state index < -0.39 is 0 Å². The summed E-state index contributed by atoms with van der Waals surface area (Å²) >= 11 is 0. The number of rotatable bonds is 2. The van der Waals surface area contributed by atoms with E-state index in [1.54, 1.807) is 27.3 Å². The number of furan rings is 1. The third-order valence-electron chi connectivity index (χ3n) is 3.25. The van der Waals surface area contributed by atoms with Crippen molar-refractivity contribution in [2.24, 2.45) is 0 Å². The summed E-state index contributed by atoms with van der Waals surface area (Å²) in [5.41, 5.74) is 1.69. The number of nitrogens with zero attached hydrogens (tertiary/aromatic N) is 1. The van der Waals surface area contributed by atoms with E-state index in [4.69, 9.17) is 9.15 Å². The molecule has 0 aliphatic carbocycles. The molecule has 20 heavy (non-hydrogen) atoms. The van der Waals surface area contributed by atoms with Gasteiger partial charge in [-0.1, -0.05) is 20.8 Å². The van der Waals surface area contributed by atoms with Crippen molar-refractivity contribution in [2.45, 2.75) is 26.2 Å². The van der Waals surface area contributed by atoms with Gasteiger partial charge < -0.3 is 14.1 Å². The smallest absolute Gasteiger partial charge is 0.289 e. The van der Waals surface area contributed by atoms with E-state index in [9.17, 15) is 4.79 Å². The lowest BCUT2D eigenvalue weighted by molar-refractivity contribution is 0.0799. The summed E-state index contributed by atoms with van der Waals surface area (Å²) in [6.45, 7) is 6.32. The van der Waals surface area contributed by atoms with Gasteiger partial charge in [0, 0.05) is 25.0 Å². The van der Waals surface area contributed by atoms with E-state index in [0.29, 0.717) is 5.76 Å². The number of hydrogen-bond acceptors (Lipinski definition) is 3. The standard InChI is InChI=1S/C16H21NO3/c1-16(2,3)12-9-11(19-6)7-10-8-13(20-14(10)12)15(18)17(4)5/h7-9H,1-6H3. The van der Waals surface area contributed by atoms with Crippen LogP contribution in [0.15, 0.2) is 22.6 Å². The highest BCUT2D eigenvalue weighted by molar-refractivity contribution is 5.97. The minimum Gasteiger partial charge on any atom is -0.497 e. The number of ether oxygens (including phenoxy) is 1. The van der Waals surface area contributed by atoms with Crippen molar-refractivity contribution in [1.29, 1.82) is 0 Å². The van der Waals surface area contributed by atoms with E-state index in [-0.39, 0.29) is 11.3 Å². The van der Waals surface area contributed by atoms with Crippen LogP contribution in [0.25, 0.3) is 11.0 Å². The van der Waals surface area contributed by atoms with Crippen LogP contribution in [0.4, 0.5) is 0 Å². The Balaban J connectivity index is 2.69. The maximum absolute atomic E-state index is 12.0. The summed E-state index contributed by atoms with van der Waals surface area (Å²) in [6.07, 6.45) is 0. The Morgan fingerprint density at radius 2 is 1.85 bits per heavy atom. The van der Waals surface area contributed by atoms with E-state index >= 15 is 0 Å². The van der Waals surface area contributed by atoms with Gasteiger partial charge in [-0.3, -0.25) is 4.79 Å². The number of carbonyl (C=O) groups excluding carboxylic acids is 1. The van der Waals surface area contributed by atoms with Gasteiger partial charge in [0.05, 0.1) is 7.11 Å². The Morgan fingerprint density at radius 3 is 2.35 bits per heavy atom. The van der Waals surface area contributed by atoms with Crippen LogP contribution in [-0.4, -0.2) is 32.0 Å². The number of fused-ring (bicyclic) bond motifs is 1. The van der Waals surface area contributed by atoms with Crippen molar-refractivity contribution >= 4 is 16.9 Å². The zero-order valence-electron chi connectivity index (χ0n) is 12.9. The molecule has 4 heteroatoms. The first-order valence-corrected chi connectivity index (χ1v) is 6.57. The molecule has 0 unspecified atom stereocenters. The zero-order chi connectivity index (χ0) is 15.1. The predicted molar refractivity (Wildman–Crippen MR) is 79.5 cm³/mol. The highest BCUT2D eigenvalue weighted by Gasteiger charge is 2.23. The molecule has 0 bridgehead atoms. The third-order valence-corrected chi connectivity index (χ3v) is 3.25. The Bertz CT molecular complexity index is 648. The summed E-state index contributed by atoms with van der Waals surface area (Å²) in [4.78, 5) is 13.5. The Labute approximate surface area is 119 Å². The molecule has 0 saturated heterocycles. The van der Waals surface area contributed by atoms with Crippen molar-refractivity contribution < 1.29 is 13.9 Å². The molecule has 0 N–H and O–H groups in total. The van der Waals surface area contributed by atoms with E-state index in [1.165, 1.54) is 4.90 Å². The summed E-state index contributed by atoms with van der Waals surface area (Å²) in [5.74, 6) is 0.982. The fraction of sp³-hybridized carbons (Fsp3) is 0.438. The molecule has 4 nitrogen and oxygen atoms in total. The minimum atomic E-state index is -0.139. The molecule has 108 valence electrons. The summed E-state index contributed by atoms with van der Waals surface area (Å²) < 4.78 is 11.1. The Kier molecular flexibility index (Phi) is 3.50. The maximum Gasteiger partial charge on any atom is 0.289 e. The monoisotopic (exact) mass is 275 g/mol. The average Bonchev–Trinajstić information content (AvgIpc) is 2.78. The van der Waals surface area contributed by atoms with Crippen molar-refractivity contribution in [3.63, 3.8) is 0 Å². The second-order valence-electron chi connectivity index (χ2n) is 6.15. The highest BCUT2D eigenvalue weighted by atomic mass is 16.5. The second kappa shape index (κ2) is 4.85. The number of benzene rings is 1. The van der Waals surface area contributed by atoms with E-state index in [1.807, 2.05) is 12.1 Å². The predicted octanol–water partition coefficient (Wildman–Crippen LogP) is 3.44. The van der Waals surface area contributed by atoms with Gasteiger partial charge in [0.25, 0.3) is 5.91 Å². The van der Waals surface area contributed by atoms with Crippen molar-refractivity contribution in [2.75, 3.05) is 21.2 Å². The van der Waals surface area contributed by atoms with Crippen LogP contribution in [0, 0.1) is 0 Å². The van der Waals surface area contributed by atoms with Crippen LogP contribution in [0.5, 0.6) is 5.75 Å². The van der Waals surface area contributed by atoms with E-state index in [0.717, 1.165) is 22.3 Å². The fourth-order valence-electron chi connectivity index (χ4n) is 2.13. The molecule has 2 aromatic rings. The quantitative estimate of drug-likeness (QED) is 0.843. The second-order valence-corrected chi connectivity index (χ2v) is 6.15. The molecule has 0 aliphatic rings. The van der Waals surface area contributed by atoms with Crippen molar-refractivity contribution in [1.82, 2.24) is 4.90 Å². The topological polar surface area (TPSA) is 42.7 Å². The largest absolute Gasteiger partial charge is 0.497 e. The summed E-state index contributed by atoms with van der Waals surface area (Å²) in [5, 5.41) is 0.888. The van der Waals surface area contributed by atoms with Crippen molar-refractivity contribution in [3.8, 4) is 5.75 Å². The Morgan fingerprint density at radius 1 is 1.20 bits per heavy atom. The molecular formula is C16H21NO3. The molecule has 0 spiro atoms. The van der Waals surface area contributed by atoms with Gasteiger partial charge in [-0.15, -0.1) is 0 Å². The fourth-order valence-corrected chi connectivity index (χ4v) is 2.13. The summed E-state index contributed by atoms with van der Waals surface area (Å²) in [6, 6.07) is 5.63. The molecule has 1 heterocycles. The first-order valence-electron chi connectivity index (χ1n) is 6.57. The highest BCUT2D eigenvalue weighted by Crippen LogP contribution is 2.35. The van der Waals surface area contributed by atoms with Gasteiger partial charge in [0.2, 0.25) is 0 Å². The number of carbonyl (C=O) groups is 1. The average molecular weight is 275 g/mol. The number of amides is 1. The lowest BCUT2D eigenvalue weighted by atomic mass is 9.86.